The summed E-state index contributed by atoms with van der Waals surface area (Å²) in [5.74, 6) is -1.83. The summed E-state index contributed by atoms with van der Waals surface area (Å²) in [6, 6.07) is 14.3. The van der Waals surface area contributed by atoms with Crippen LogP contribution < -0.4 is 5.32 Å². The van der Waals surface area contributed by atoms with Crippen molar-refractivity contribution in [2.75, 3.05) is 6.54 Å². The quantitative estimate of drug-likeness (QED) is 0.325. The van der Waals surface area contributed by atoms with Crippen LogP contribution >= 0.6 is 24.0 Å². The Hall–Kier alpha value is -3.43. The number of aliphatic carboxylic acids is 1. The zero-order valence-corrected chi connectivity index (χ0v) is 20.0. The van der Waals surface area contributed by atoms with Gasteiger partial charge in [0.2, 0.25) is 5.91 Å². The van der Waals surface area contributed by atoms with E-state index in [9.17, 15) is 19.5 Å². The molecule has 1 saturated heterocycles. The monoisotopic (exact) mass is 493 g/mol. The lowest BCUT2D eigenvalue weighted by Crippen LogP contribution is -2.43. The number of nitrogens with zero attached hydrogens (tertiary/aromatic N) is 1. The molecule has 4 rings (SSSR count). The molecule has 2 heterocycles. The lowest BCUT2D eigenvalue weighted by atomic mass is 10.0. The molecule has 0 radical (unpaired) electrons. The molecule has 1 aromatic heterocycles. The second-order valence-electron chi connectivity index (χ2n) is 8.02. The third kappa shape index (κ3) is 5.37. The maximum Gasteiger partial charge on any atom is 0.326 e. The number of aryl methyl sites for hydroxylation is 1. The Balaban J connectivity index is 1.36. The van der Waals surface area contributed by atoms with Crippen LogP contribution in [0.1, 0.15) is 23.1 Å². The van der Waals surface area contributed by atoms with Gasteiger partial charge in [0, 0.05) is 36.5 Å². The molecule has 7 nitrogen and oxygen atoms in total. The number of para-hydroxylation sites is 1. The number of thiocarbonyl (C=S) groups is 1. The minimum absolute atomic E-state index is 0.0537. The fraction of sp³-hybridized carbons (Fsp3) is 0.200. The molecular formula is C25H23N3O4S2. The first-order chi connectivity index (χ1) is 16.3. The summed E-state index contributed by atoms with van der Waals surface area (Å²) in [5, 5.41) is 13.1. The van der Waals surface area contributed by atoms with Gasteiger partial charge >= 0.3 is 5.97 Å². The molecule has 1 fully saturated rings. The summed E-state index contributed by atoms with van der Waals surface area (Å²) >= 11 is 6.53. The van der Waals surface area contributed by atoms with E-state index in [4.69, 9.17) is 12.2 Å². The second-order valence-corrected chi connectivity index (χ2v) is 9.69. The molecule has 1 atom stereocenters. The summed E-state index contributed by atoms with van der Waals surface area (Å²) in [7, 11) is 0. The highest BCUT2D eigenvalue weighted by Crippen LogP contribution is 2.32. The molecule has 0 unspecified atom stereocenters. The van der Waals surface area contributed by atoms with Crippen LogP contribution in [0, 0.1) is 6.92 Å². The minimum Gasteiger partial charge on any atom is -0.480 e. The second kappa shape index (κ2) is 10.2. The molecule has 3 aromatic rings. The van der Waals surface area contributed by atoms with Crippen LogP contribution in [0.3, 0.4) is 0 Å². The fourth-order valence-electron chi connectivity index (χ4n) is 3.71. The number of aromatic nitrogens is 1. The largest absolute Gasteiger partial charge is 0.480 e. The lowest BCUT2D eigenvalue weighted by Gasteiger charge is -2.17. The van der Waals surface area contributed by atoms with Crippen LogP contribution in [0.25, 0.3) is 17.0 Å². The summed E-state index contributed by atoms with van der Waals surface area (Å²) in [6.07, 6.45) is 3.63. The van der Waals surface area contributed by atoms with Crippen molar-refractivity contribution in [1.82, 2.24) is 15.2 Å². The van der Waals surface area contributed by atoms with Crippen molar-refractivity contribution in [3.8, 4) is 0 Å². The number of H-pyrrole nitrogens is 1. The number of hydrogen-bond acceptors (Lipinski definition) is 5. The highest BCUT2D eigenvalue weighted by atomic mass is 32.2. The van der Waals surface area contributed by atoms with E-state index < -0.39 is 17.9 Å². The highest BCUT2D eigenvalue weighted by molar-refractivity contribution is 8.26. The van der Waals surface area contributed by atoms with Crippen LogP contribution in [-0.2, 0) is 20.8 Å². The number of carbonyl (C=O) groups is 3. The van der Waals surface area contributed by atoms with Gasteiger partial charge in [0.15, 0.2) is 0 Å². The topological polar surface area (TPSA) is 102 Å². The van der Waals surface area contributed by atoms with Gasteiger partial charge in [0.1, 0.15) is 10.4 Å². The maximum absolute atomic E-state index is 12.8. The van der Waals surface area contributed by atoms with Gasteiger partial charge in [-0.1, -0.05) is 72.0 Å². The molecule has 0 saturated carbocycles. The molecule has 174 valence electrons. The number of rotatable bonds is 8. The predicted molar refractivity (Wildman–Crippen MR) is 137 cm³/mol. The number of amides is 2. The normalized spacial score (nSPS) is 15.8. The van der Waals surface area contributed by atoms with Crippen LogP contribution in [0.4, 0.5) is 0 Å². The third-order valence-corrected chi connectivity index (χ3v) is 6.92. The molecule has 2 amide bonds. The van der Waals surface area contributed by atoms with E-state index in [-0.39, 0.29) is 25.3 Å². The van der Waals surface area contributed by atoms with Gasteiger partial charge in [-0.3, -0.25) is 14.5 Å². The van der Waals surface area contributed by atoms with E-state index in [1.807, 2.05) is 55.5 Å². The van der Waals surface area contributed by atoms with Gasteiger partial charge in [-0.2, -0.15) is 0 Å². The number of thioether (sulfide) groups is 1. The Kier molecular flexibility index (Phi) is 7.14. The van der Waals surface area contributed by atoms with Crippen molar-refractivity contribution < 1.29 is 19.5 Å². The smallest absolute Gasteiger partial charge is 0.326 e. The molecular weight excluding hydrogens is 470 g/mol. The fourth-order valence-corrected chi connectivity index (χ4v) is 5.02. The summed E-state index contributed by atoms with van der Waals surface area (Å²) < 4.78 is 0.379. The van der Waals surface area contributed by atoms with Crippen molar-refractivity contribution in [1.29, 1.82) is 0 Å². The third-order valence-electron chi connectivity index (χ3n) is 5.54. The van der Waals surface area contributed by atoms with Crippen LogP contribution in [0.2, 0.25) is 0 Å². The van der Waals surface area contributed by atoms with E-state index in [0.29, 0.717) is 9.23 Å². The van der Waals surface area contributed by atoms with Crippen LogP contribution in [0.5, 0.6) is 0 Å². The number of carbonyl (C=O) groups excluding carboxylic acids is 2. The predicted octanol–water partition coefficient (Wildman–Crippen LogP) is 3.88. The van der Waals surface area contributed by atoms with Gasteiger partial charge in [-0.05, 0) is 30.2 Å². The van der Waals surface area contributed by atoms with Crippen molar-refractivity contribution >= 4 is 63.1 Å². The van der Waals surface area contributed by atoms with E-state index in [1.54, 1.807) is 12.3 Å². The Morgan fingerprint density at radius 3 is 2.68 bits per heavy atom. The van der Waals surface area contributed by atoms with Gasteiger partial charge in [-0.25, -0.2) is 4.79 Å². The molecule has 0 bridgehead atoms. The highest BCUT2D eigenvalue weighted by Gasteiger charge is 2.32. The van der Waals surface area contributed by atoms with E-state index in [1.165, 1.54) is 16.7 Å². The minimum atomic E-state index is -1.12. The van der Waals surface area contributed by atoms with Crippen LogP contribution in [0.15, 0.2) is 59.6 Å². The summed E-state index contributed by atoms with van der Waals surface area (Å²) in [4.78, 5) is 42.1. The lowest BCUT2D eigenvalue weighted by molar-refractivity contribution is -0.141. The maximum atomic E-state index is 12.8. The zero-order chi connectivity index (χ0) is 24.2. The van der Waals surface area contributed by atoms with Gasteiger partial charge in [0.05, 0.1) is 4.91 Å². The van der Waals surface area contributed by atoms with Gasteiger partial charge in [0.25, 0.3) is 5.91 Å². The standard InChI is InChI=1S/C25H23N3O4S2/c1-15-6-8-16(9-7-15)12-21-23(30)28(25(33)34-21)11-10-22(29)27-20(24(31)32)13-17-14-26-19-5-3-2-4-18(17)19/h2-9,12,14,20,26H,10-11,13H2,1H3,(H,27,29)(H,31,32)/b21-12+/t20-/m1/s1. The zero-order valence-electron chi connectivity index (χ0n) is 18.4. The van der Waals surface area contributed by atoms with E-state index in [2.05, 4.69) is 10.3 Å². The molecule has 0 spiro atoms. The average Bonchev–Trinajstić information content (AvgIpc) is 3.33. The first kappa shape index (κ1) is 23.7. The Morgan fingerprint density at radius 1 is 1.21 bits per heavy atom. The molecule has 34 heavy (non-hydrogen) atoms. The van der Waals surface area contributed by atoms with Crippen molar-refractivity contribution in [2.45, 2.75) is 25.8 Å². The number of nitrogens with one attached hydrogen (secondary N) is 2. The first-order valence-electron chi connectivity index (χ1n) is 10.7. The molecule has 9 heteroatoms. The summed E-state index contributed by atoms with van der Waals surface area (Å²) in [5.41, 5.74) is 3.73. The van der Waals surface area contributed by atoms with E-state index >= 15 is 0 Å². The average molecular weight is 494 g/mol. The molecule has 3 N–H and O–H groups in total. The number of aromatic amines is 1. The molecule has 2 aromatic carbocycles. The molecule has 1 aliphatic rings. The first-order valence-corrected chi connectivity index (χ1v) is 11.9. The number of carboxylic acid groups (broad SMARTS) is 1. The number of hydrogen-bond donors (Lipinski definition) is 3. The van der Waals surface area contributed by atoms with Gasteiger partial charge < -0.3 is 15.4 Å². The molecule has 1 aliphatic heterocycles. The van der Waals surface area contributed by atoms with E-state index in [0.717, 1.165) is 27.6 Å². The number of fused-ring (bicyclic) bond motifs is 1. The SMILES string of the molecule is Cc1ccc(/C=C2/SC(=S)N(CCC(=O)N[C@H](Cc3c[nH]c4ccccc34)C(=O)O)C2=O)cc1. The van der Waals surface area contributed by atoms with Crippen molar-refractivity contribution in [3.63, 3.8) is 0 Å². The Bertz CT molecular complexity index is 1300. The van der Waals surface area contributed by atoms with Crippen molar-refractivity contribution in [2.24, 2.45) is 0 Å². The number of benzene rings is 2. The summed E-state index contributed by atoms with van der Waals surface area (Å²) in [6.45, 7) is 2.07. The van der Waals surface area contributed by atoms with Crippen molar-refractivity contribution in [3.05, 3.63) is 76.3 Å². The molecule has 0 aliphatic carbocycles. The Morgan fingerprint density at radius 2 is 1.94 bits per heavy atom. The van der Waals surface area contributed by atoms with Gasteiger partial charge in [-0.15, -0.1) is 0 Å². The Labute approximate surface area is 206 Å². The van der Waals surface area contributed by atoms with Crippen LogP contribution in [-0.4, -0.2) is 49.7 Å². The number of carboxylic acids is 1.